The van der Waals surface area contributed by atoms with Gasteiger partial charge in [-0.05, 0) is 51.5 Å². The molecule has 170 valence electrons. The molecular weight excluding hydrogens is 410 g/mol. The van der Waals surface area contributed by atoms with Crippen LogP contribution in [0.15, 0.2) is 54.6 Å². The van der Waals surface area contributed by atoms with Gasteiger partial charge in [-0.2, -0.15) is 9.61 Å². The molecule has 0 aliphatic carbocycles. The molecule has 1 saturated heterocycles. The lowest BCUT2D eigenvalue weighted by Gasteiger charge is -2.42. The highest BCUT2D eigenvalue weighted by atomic mass is 16.5. The summed E-state index contributed by atoms with van der Waals surface area (Å²) in [6.07, 6.45) is 0. The van der Waals surface area contributed by atoms with E-state index in [1.165, 1.54) is 11.3 Å². The zero-order valence-electron chi connectivity index (χ0n) is 20.0. The van der Waals surface area contributed by atoms with Gasteiger partial charge in [-0.25, -0.2) is 4.98 Å². The number of benzene rings is 2. The Morgan fingerprint density at radius 2 is 1.79 bits per heavy atom. The van der Waals surface area contributed by atoms with E-state index in [9.17, 15) is 0 Å². The number of fused-ring (bicyclic) bond motifs is 1. The van der Waals surface area contributed by atoms with Crippen LogP contribution in [0.25, 0.3) is 16.8 Å². The van der Waals surface area contributed by atoms with E-state index in [1.54, 1.807) is 7.11 Å². The molecule has 6 nitrogen and oxygen atoms in total. The predicted molar refractivity (Wildman–Crippen MR) is 135 cm³/mol. The highest BCUT2D eigenvalue weighted by Crippen LogP contribution is 2.36. The summed E-state index contributed by atoms with van der Waals surface area (Å²) in [5, 5.41) is 4.94. The average molecular weight is 442 g/mol. The molecule has 1 fully saturated rings. The van der Waals surface area contributed by atoms with Crippen LogP contribution in [0.2, 0.25) is 0 Å². The Balaban J connectivity index is 1.54. The van der Waals surface area contributed by atoms with Crippen LogP contribution >= 0.6 is 0 Å². The Morgan fingerprint density at radius 3 is 2.55 bits per heavy atom. The Kier molecular flexibility index (Phi) is 5.44. The normalized spacial score (nSPS) is 16.5. The zero-order valence-corrected chi connectivity index (χ0v) is 20.0. The van der Waals surface area contributed by atoms with Crippen molar-refractivity contribution in [2.24, 2.45) is 0 Å². The van der Waals surface area contributed by atoms with Gasteiger partial charge in [0.1, 0.15) is 11.6 Å². The van der Waals surface area contributed by atoms with Crippen molar-refractivity contribution in [3.63, 3.8) is 0 Å². The summed E-state index contributed by atoms with van der Waals surface area (Å²) in [7, 11) is 1.71. The molecule has 0 radical (unpaired) electrons. The summed E-state index contributed by atoms with van der Waals surface area (Å²) >= 11 is 0. The minimum atomic E-state index is 0.384. The molecule has 0 spiro atoms. The number of nitrogens with zero attached hydrogens (tertiary/aromatic N) is 5. The fraction of sp³-hybridized carbons (Fsp3) is 0.333. The predicted octanol–water partition coefficient (Wildman–Crippen LogP) is 5.05. The van der Waals surface area contributed by atoms with Crippen molar-refractivity contribution in [1.82, 2.24) is 14.6 Å². The SMILES string of the molecule is COc1ccccc1-c1c(C)nn2c(N3CCN(c4cccc(C)c4)C(C)C3)cc(C)nc12. The van der Waals surface area contributed by atoms with Gasteiger partial charge in [0.25, 0.3) is 0 Å². The molecule has 1 atom stereocenters. The van der Waals surface area contributed by atoms with Gasteiger partial charge in [0.2, 0.25) is 0 Å². The van der Waals surface area contributed by atoms with Crippen molar-refractivity contribution >= 4 is 17.2 Å². The van der Waals surface area contributed by atoms with Gasteiger partial charge < -0.3 is 14.5 Å². The molecule has 0 saturated carbocycles. The first-order valence-corrected chi connectivity index (χ1v) is 11.5. The van der Waals surface area contributed by atoms with E-state index in [0.717, 1.165) is 59.4 Å². The third-order valence-corrected chi connectivity index (χ3v) is 6.53. The first kappa shape index (κ1) is 21.3. The number of hydrogen-bond donors (Lipinski definition) is 0. The second kappa shape index (κ2) is 8.43. The Bertz CT molecular complexity index is 1310. The molecule has 33 heavy (non-hydrogen) atoms. The third kappa shape index (κ3) is 3.80. The number of anilines is 2. The Morgan fingerprint density at radius 1 is 0.970 bits per heavy atom. The van der Waals surface area contributed by atoms with Gasteiger partial charge in [0.05, 0.1) is 18.4 Å². The topological polar surface area (TPSA) is 45.9 Å². The summed E-state index contributed by atoms with van der Waals surface area (Å²) in [6, 6.07) is 19.4. The van der Waals surface area contributed by atoms with Gasteiger partial charge in [0, 0.05) is 48.7 Å². The number of ether oxygens (including phenoxy) is 1. The van der Waals surface area contributed by atoms with Crippen molar-refractivity contribution in [1.29, 1.82) is 0 Å². The van der Waals surface area contributed by atoms with E-state index in [4.69, 9.17) is 14.8 Å². The number of rotatable bonds is 4. The van der Waals surface area contributed by atoms with Crippen LogP contribution in [-0.2, 0) is 0 Å². The largest absolute Gasteiger partial charge is 0.496 e. The van der Waals surface area contributed by atoms with Crippen LogP contribution in [-0.4, -0.2) is 47.4 Å². The van der Waals surface area contributed by atoms with E-state index in [0.29, 0.717) is 6.04 Å². The number of methoxy groups -OCH3 is 1. The van der Waals surface area contributed by atoms with Crippen molar-refractivity contribution in [3.8, 4) is 16.9 Å². The molecule has 3 heterocycles. The monoisotopic (exact) mass is 441 g/mol. The average Bonchev–Trinajstić information content (AvgIpc) is 3.13. The molecule has 2 aromatic heterocycles. The quantitative estimate of drug-likeness (QED) is 0.444. The third-order valence-electron chi connectivity index (χ3n) is 6.53. The van der Waals surface area contributed by atoms with Crippen molar-refractivity contribution in [2.45, 2.75) is 33.7 Å². The summed E-state index contributed by atoms with van der Waals surface area (Å²) in [6.45, 7) is 11.4. The van der Waals surface area contributed by atoms with E-state index in [-0.39, 0.29) is 0 Å². The molecule has 4 aromatic rings. The van der Waals surface area contributed by atoms with E-state index in [2.05, 4.69) is 67.0 Å². The van der Waals surface area contributed by atoms with Gasteiger partial charge in [-0.15, -0.1) is 0 Å². The van der Waals surface area contributed by atoms with Crippen LogP contribution < -0.4 is 14.5 Å². The van der Waals surface area contributed by atoms with Gasteiger partial charge in [-0.1, -0.05) is 30.3 Å². The number of aromatic nitrogens is 3. The number of piperazine rings is 1. The van der Waals surface area contributed by atoms with Gasteiger partial charge in [0.15, 0.2) is 5.65 Å². The van der Waals surface area contributed by atoms with E-state index in [1.807, 2.05) is 29.6 Å². The van der Waals surface area contributed by atoms with Crippen molar-refractivity contribution < 1.29 is 4.74 Å². The highest BCUT2D eigenvalue weighted by Gasteiger charge is 2.27. The number of aryl methyl sites for hydroxylation is 3. The maximum Gasteiger partial charge on any atom is 0.165 e. The Labute approximate surface area is 195 Å². The second-order valence-corrected chi connectivity index (χ2v) is 8.98. The fourth-order valence-electron chi connectivity index (χ4n) is 4.97. The standard InChI is InChI=1S/C27H31N5O/c1-18-9-8-10-22(15-18)31-14-13-30(17-20(31)3)25-16-19(2)28-27-26(21(4)29-32(25)27)23-11-6-7-12-24(23)33-5/h6-12,15-16,20H,13-14,17H2,1-5H3. The molecule has 0 N–H and O–H groups in total. The summed E-state index contributed by atoms with van der Waals surface area (Å²) in [5.74, 6) is 1.93. The van der Waals surface area contributed by atoms with E-state index >= 15 is 0 Å². The van der Waals surface area contributed by atoms with Crippen LogP contribution in [0.5, 0.6) is 5.75 Å². The lowest BCUT2D eigenvalue weighted by molar-refractivity contribution is 0.416. The summed E-state index contributed by atoms with van der Waals surface area (Å²) < 4.78 is 7.66. The first-order chi connectivity index (χ1) is 16.0. The van der Waals surface area contributed by atoms with Crippen LogP contribution in [0.4, 0.5) is 11.5 Å². The van der Waals surface area contributed by atoms with Crippen molar-refractivity contribution in [2.75, 3.05) is 36.5 Å². The molecule has 0 amide bonds. The minimum Gasteiger partial charge on any atom is -0.496 e. The molecule has 5 rings (SSSR count). The number of hydrogen-bond acceptors (Lipinski definition) is 5. The van der Waals surface area contributed by atoms with Crippen LogP contribution in [0.3, 0.4) is 0 Å². The summed E-state index contributed by atoms with van der Waals surface area (Å²) in [4.78, 5) is 9.85. The maximum absolute atomic E-state index is 5.65. The van der Waals surface area contributed by atoms with E-state index < -0.39 is 0 Å². The fourth-order valence-corrected chi connectivity index (χ4v) is 4.97. The molecule has 1 aliphatic heterocycles. The smallest absolute Gasteiger partial charge is 0.165 e. The Hall–Kier alpha value is -3.54. The minimum absolute atomic E-state index is 0.384. The maximum atomic E-state index is 5.65. The molecule has 2 aromatic carbocycles. The zero-order chi connectivity index (χ0) is 23.1. The highest BCUT2D eigenvalue weighted by molar-refractivity contribution is 5.84. The molecule has 1 unspecified atom stereocenters. The molecular formula is C27H31N5O. The van der Waals surface area contributed by atoms with Crippen molar-refractivity contribution in [3.05, 3.63) is 71.5 Å². The van der Waals surface area contributed by atoms with Crippen LogP contribution in [0, 0.1) is 20.8 Å². The van der Waals surface area contributed by atoms with Gasteiger partial charge in [-0.3, -0.25) is 0 Å². The van der Waals surface area contributed by atoms with Gasteiger partial charge >= 0.3 is 0 Å². The molecule has 1 aliphatic rings. The summed E-state index contributed by atoms with van der Waals surface area (Å²) in [5.41, 5.74) is 7.46. The number of para-hydroxylation sites is 1. The lowest BCUT2D eigenvalue weighted by Crippen LogP contribution is -2.52. The first-order valence-electron chi connectivity index (χ1n) is 11.5. The lowest BCUT2D eigenvalue weighted by atomic mass is 10.1. The molecule has 6 heteroatoms. The second-order valence-electron chi connectivity index (χ2n) is 8.98. The van der Waals surface area contributed by atoms with Crippen LogP contribution in [0.1, 0.15) is 23.9 Å². The molecule has 0 bridgehead atoms.